The van der Waals surface area contributed by atoms with Crippen LogP contribution in [0, 0.1) is 0 Å². The van der Waals surface area contributed by atoms with Crippen molar-refractivity contribution < 1.29 is 5.11 Å². The predicted molar refractivity (Wildman–Crippen MR) is 74.0 cm³/mol. The van der Waals surface area contributed by atoms with Crippen molar-refractivity contribution in [1.29, 1.82) is 0 Å². The minimum atomic E-state index is -0.278. The maximum atomic E-state index is 10.3. The van der Waals surface area contributed by atoms with Gasteiger partial charge in [-0.3, -0.25) is 0 Å². The van der Waals surface area contributed by atoms with Crippen LogP contribution in [0.4, 0.5) is 0 Å². The number of aliphatic hydroxyl groups excluding tert-OH is 1. The Kier molecular flexibility index (Phi) is 1.85. The minimum Gasteiger partial charge on any atom is -0.388 e. The average molecular weight is 238 g/mol. The predicted octanol–water partition coefficient (Wildman–Crippen LogP) is 3.65. The Labute approximate surface area is 107 Å². The molecule has 0 saturated heterocycles. The standard InChI is InChI=1S/C17H18O/c1-17(2)9-14(18)13-8-11-7-6-10-4-3-5-12(15(10)11)16(13)17/h3-5,8,14,18H,6-7,9H2,1-2H3/t14-/m0/s1. The van der Waals surface area contributed by atoms with Gasteiger partial charge in [0.2, 0.25) is 0 Å². The van der Waals surface area contributed by atoms with Crippen molar-refractivity contribution in [3.05, 3.63) is 46.5 Å². The second-order valence-corrected chi connectivity index (χ2v) is 6.44. The lowest BCUT2D eigenvalue weighted by Gasteiger charge is -2.21. The lowest BCUT2D eigenvalue weighted by atomic mass is 9.83. The summed E-state index contributed by atoms with van der Waals surface area (Å²) in [6.07, 6.45) is 2.87. The van der Waals surface area contributed by atoms with E-state index < -0.39 is 0 Å². The number of rotatable bonds is 0. The molecular weight excluding hydrogens is 220 g/mol. The molecule has 1 atom stereocenters. The molecule has 0 saturated carbocycles. The fraction of sp³-hybridized carbons (Fsp3) is 0.412. The highest BCUT2D eigenvalue weighted by molar-refractivity contribution is 5.95. The van der Waals surface area contributed by atoms with E-state index in [-0.39, 0.29) is 11.5 Å². The van der Waals surface area contributed by atoms with Gasteiger partial charge in [-0.1, -0.05) is 38.1 Å². The first kappa shape index (κ1) is 10.6. The number of aryl methyl sites for hydroxylation is 2. The molecule has 1 nitrogen and oxygen atoms in total. The summed E-state index contributed by atoms with van der Waals surface area (Å²) in [4.78, 5) is 0. The highest BCUT2D eigenvalue weighted by Crippen LogP contribution is 2.50. The molecule has 18 heavy (non-hydrogen) atoms. The Morgan fingerprint density at radius 1 is 1.17 bits per heavy atom. The first-order valence-electron chi connectivity index (χ1n) is 6.84. The molecule has 0 radical (unpaired) electrons. The highest BCUT2D eigenvalue weighted by atomic mass is 16.3. The van der Waals surface area contributed by atoms with E-state index in [1.807, 2.05) is 0 Å². The zero-order chi connectivity index (χ0) is 12.5. The third-order valence-electron chi connectivity index (χ3n) is 4.76. The van der Waals surface area contributed by atoms with Gasteiger partial charge in [0.1, 0.15) is 0 Å². The number of benzene rings is 2. The molecule has 1 N–H and O–H groups in total. The van der Waals surface area contributed by atoms with Gasteiger partial charge in [-0.2, -0.15) is 0 Å². The maximum absolute atomic E-state index is 10.3. The van der Waals surface area contributed by atoms with Crippen molar-refractivity contribution >= 4 is 10.8 Å². The fourth-order valence-electron chi connectivity index (χ4n) is 4.06. The molecule has 1 heteroatoms. The quantitative estimate of drug-likeness (QED) is 0.742. The SMILES string of the molecule is CC1(C)C[C@H](O)c2cc3c4c(cccc4c21)CC3. The van der Waals surface area contributed by atoms with Gasteiger partial charge >= 0.3 is 0 Å². The smallest absolute Gasteiger partial charge is 0.0801 e. The lowest BCUT2D eigenvalue weighted by molar-refractivity contribution is 0.161. The van der Waals surface area contributed by atoms with Crippen LogP contribution in [-0.2, 0) is 18.3 Å². The molecule has 0 heterocycles. The van der Waals surface area contributed by atoms with Crippen LogP contribution in [0.2, 0.25) is 0 Å². The van der Waals surface area contributed by atoms with Crippen LogP contribution in [0.1, 0.15) is 48.6 Å². The van der Waals surface area contributed by atoms with E-state index in [9.17, 15) is 5.11 Å². The molecule has 0 unspecified atom stereocenters. The molecule has 2 aromatic carbocycles. The number of hydrogen-bond donors (Lipinski definition) is 1. The maximum Gasteiger partial charge on any atom is 0.0801 e. The van der Waals surface area contributed by atoms with E-state index >= 15 is 0 Å². The van der Waals surface area contributed by atoms with Crippen molar-refractivity contribution in [1.82, 2.24) is 0 Å². The summed E-state index contributed by atoms with van der Waals surface area (Å²) >= 11 is 0. The average Bonchev–Trinajstić information content (AvgIpc) is 2.82. The molecule has 0 bridgehead atoms. The van der Waals surface area contributed by atoms with E-state index in [2.05, 4.69) is 38.1 Å². The van der Waals surface area contributed by atoms with Gasteiger partial charge in [0, 0.05) is 0 Å². The van der Waals surface area contributed by atoms with Gasteiger partial charge < -0.3 is 5.11 Å². The molecular formula is C17H18O. The zero-order valence-corrected chi connectivity index (χ0v) is 11.0. The van der Waals surface area contributed by atoms with Crippen LogP contribution in [0.5, 0.6) is 0 Å². The fourth-order valence-corrected chi connectivity index (χ4v) is 4.06. The van der Waals surface area contributed by atoms with E-state index in [1.165, 1.54) is 33.0 Å². The summed E-state index contributed by atoms with van der Waals surface area (Å²) in [5.41, 5.74) is 5.59. The van der Waals surface area contributed by atoms with Crippen LogP contribution >= 0.6 is 0 Å². The topological polar surface area (TPSA) is 20.2 Å². The molecule has 92 valence electrons. The molecule has 0 fully saturated rings. The summed E-state index contributed by atoms with van der Waals surface area (Å²) in [6.45, 7) is 4.51. The Morgan fingerprint density at radius 2 is 1.94 bits per heavy atom. The molecule has 0 amide bonds. The summed E-state index contributed by atoms with van der Waals surface area (Å²) in [5.74, 6) is 0. The minimum absolute atomic E-state index is 0.0918. The summed E-state index contributed by atoms with van der Waals surface area (Å²) < 4.78 is 0. The van der Waals surface area contributed by atoms with E-state index in [4.69, 9.17) is 0 Å². The number of fused-ring (bicyclic) bond motifs is 2. The Balaban J connectivity index is 2.20. The lowest BCUT2D eigenvalue weighted by Crippen LogP contribution is -2.13. The third-order valence-corrected chi connectivity index (χ3v) is 4.76. The van der Waals surface area contributed by atoms with Gasteiger partial charge in [0.05, 0.1) is 6.10 Å². The van der Waals surface area contributed by atoms with Crippen molar-refractivity contribution in [2.45, 2.75) is 44.6 Å². The Hall–Kier alpha value is -1.34. The summed E-state index contributed by atoms with van der Waals surface area (Å²) in [7, 11) is 0. The number of aliphatic hydroxyl groups is 1. The molecule has 2 aromatic rings. The third kappa shape index (κ3) is 1.16. The van der Waals surface area contributed by atoms with Crippen molar-refractivity contribution in [2.75, 3.05) is 0 Å². The van der Waals surface area contributed by atoms with Gasteiger partial charge in [0.25, 0.3) is 0 Å². The van der Waals surface area contributed by atoms with Crippen LogP contribution in [-0.4, -0.2) is 5.11 Å². The number of hydrogen-bond acceptors (Lipinski definition) is 1. The summed E-state index contributed by atoms with van der Waals surface area (Å²) in [6, 6.07) is 8.94. The van der Waals surface area contributed by atoms with E-state index in [1.54, 1.807) is 0 Å². The first-order valence-corrected chi connectivity index (χ1v) is 6.84. The van der Waals surface area contributed by atoms with Gasteiger partial charge in [-0.25, -0.2) is 0 Å². The molecule has 2 aliphatic rings. The van der Waals surface area contributed by atoms with Gasteiger partial charge in [-0.15, -0.1) is 0 Å². The van der Waals surface area contributed by atoms with Crippen molar-refractivity contribution in [2.24, 2.45) is 0 Å². The monoisotopic (exact) mass is 238 g/mol. The Morgan fingerprint density at radius 3 is 2.78 bits per heavy atom. The van der Waals surface area contributed by atoms with Gasteiger partial charge in [-0.05, 0) is 57.7 Å². The van der Waals surface area contributed by atoms with Crippen LogP contribution in [0.15, 0.2) is 24.3 Å². The largest absolute Gasteiger partial charge is 0.388 e. The molecule has 4 rings (SSSR count). The molecule has 0 aromatic heterocycles. The second-order valence-electron chi connectivity index (χ2n) is 6.44. The van der Waals surface area contributed by atoms with E-state index in [0.29, 0.717) is 0 Å². The van der Waals surface area contributed by atoms with Crippen molar-refractivity contribution in [3.63, 3.8) is 0 Å². The normalized spacial score (nSPS) is 23.6. The van der Waals surface area contributed by atoms with Crippen LogP contribution < -0.4 is 0 Å². The zero-order valence-electron chi connectivity index (χ0n) is 11.0. The Bertz CT molecular complexity index is 667. The first-order chi connectivity index (χ1) is 8.58. The molecule has 2 aliphatic carbocycles. The van der Waals surface area contributed by atoms with Crippen LogP contribution in [0.3, 0.4) is 0 Å². The second kappa shape index (κ2) is 3.16. The summed E-state index contributed by atoms with van der Waals surface area (Å²) in [5, 5.41) is 13.2. The highest BCUT2D eigenvalue weighted by Gasteiger charge is 2.38. The van der Waals surface area contributed by atoms with Gasteiger partial charge in [0.15, 0.2) is 0 Å². The molecule has 0 aliphatic heterocycles. The van der Waals surface area contributed by atoms with Crippen LogP contribution in [0.25, 0.3) is 10.8 Å². The van der Waals surface area contributed by atoms with Crippen molar-refractivity contribution in [3.8, 4) is 0 Å². The van der Waals surface area contributed by atoms with E-state index in [0.717, 1.165) is 19.3 Å². The molecule has 0 spiro atoms.